The zero-order valence-electron chi connectivity index (χ0n) is 50.2. The fourth-order valence-electron chi connectivity index (χ4n) is 9.30. The van der Waals surface area contributed by atoms with Gasteiger partial charge < -0.3 is 44.4 Å². The van der Waals surface area contributed by atoms with Gasteiger partial charge in [-0.1, -0.05) is 211 Å². The summed E-state index contributed by atoms with van der Waals surface area (Å²) in [6.07, 6.45) is 64.2. The average Bonchev–Trinajstić information content (AvgIpc) is 4.24. The number of nitrogens with zero attached hydrogens (tertiary/aromatic N) is 3. The number of rotatable bonds is 48. The smallest absolute Gasteiger partial charge is 0.550 e. The van der Waals surface area contributed by atoms with Crippen molar-refractivity contribution in [2.45, 2.75) is 290 Å². The number of ketones is 2. The molecular formula is C66H112AlN3O8. The average molecular weight is 1100 g/mol. The van der Waals surface area contributed by atoms with E-state index < -0.39 is 17.9 Å². The first-order valence-electron chi connectivity index (χ1n) is 31.9. The Balaban J connectivity index is 0.00000101. The molecule has 1 aliphatic carbocycles. The van der Waals surface area contributed by atoms with E-state index in [-0.39, 0.29) is 48.2 Å². The van der Waals surface area contributed by atoms with Gasteiger partial charge in [0.1, 0.15) is 11.4 Å². The van der Waals surface area contributed by atoms with Gasteiger partial charge in [-0.3, -0.25) is 9.59 Å². The number of hydrogen-bond donors (Lipinski definition) is 0. The fraction of sp³-hybridized carbons (Fsp3) is 0.773. The third kappa shape index (κ3) is 47.2. The van der Waals surface area contributed by atoms with Crippen LogP contribution in [0, 0.1) is 0 Å². The summed E-state index contributed by atoms with van der Waals surface area (Å²) in [5, 5.41) is 30.6. The summed E-state index contributed by atoms with van der Waals surface area (Å²) in [6.45, 7) is 12.2. The van der Waals surface area contributed by atoms with E-state index in [1.807, 2.05) is 14.7 Å². The molecule has 0 aromatic carbocycles. The summed E-state index contributed by atoms with van der Waals surface area (Å²) >= 11 is 0. The van der Waals surface area contributed by atoms with Crippen LogP contribution in [0.3, 0.4) is 0 Å². The van der Waals surface area contributed by atoms with Crippen molar-refractivity contribution >= 4 is 46.8 Å². The number of allylic oxidation sites excluding steroid dienone is 7. The number of Topliss-reactive ketones (excluding diaryl/α,β-unsaturated/α-hetero) is 1. The molecule has 0 saturated carbocycles. The number of aliphatic carboxylic acids is 3. The maximum absolute atomic E-state index is 12.4. The standard InChI is InChI=1S/3C18H34O2.C12H13N3O2.Al/c3*1-2-3-4-5-6-7-8-9-10-11-12-13-14-15-16-17-18(19)20;16-9-7-8(13-1-2-13)12(17)11(15-5-6-15)10(9)14-3-4-14;/h3*9-10H,2-8,11-17H2,1H3,(H,19,20);7H,1-6H2;/q;;;;+3/p-3/b3*10-9-;;. The zero-order chi connectivity index (χ0) is 56.2. The Morgan fingerprint density at radius 2 is 0.590 bits per heavy atom. The first-order valence-corrected chi connectivity index (χ1v) is 31.9. The molecule has 3 saturated heterocycles. The van der Waals surface area contributed by atoms with E-state index >= 15 is 0 Å². The largest absolute Gasteiger partial charge is 3.00 e. The van der Waals surface area contributed by atoms with Gasteiger partial charge in [0.2, 0.25) is 11.6 Å². The van der Waals surface area contributed by atoms with Gasteiger partial charge in [-0.05, 0) is 116 Å². The number of hydrogen-bond acceptors (Lipinski definition) is 11. The molecule has 0 unspecified atom stereocenters. The van der Waals surface area contributed by atoms with Crippen LogP contribution in [0.2, 0.25) is 0 Å². The van der Waals surface area contributed by atoms with Crippen LogP contribution in [0.1, 0.15) is 290 Å². The third-order valence-corrected chi connectivity index (χ3v) is 14.4. The molecule has 3 fully saturated rings. The molecule has 0 radical (unpaired) electrons. The Bertz CT molecular complexity index is 1560. The Kier molecular flexibility index (Phi) is 51.5. The van der Waals surface area contributed by atoms with Crippen LogP contribution in [0.5, 0.6) is 0 Å². The van der Waals surface area contributed by atoms with Crippen molar-refractivity contribution in [2.75, 3.05) is 39.3 Å². The monoisotopic (exact) mass is 1100 g/mol. The molecule has 0 atom stereocenters. The molecule has 0 spiro atoms. The van der Waals surface area contributed by atoms with Crippen LogP contribution in [-0.4, -0.2) is 101 Å². The molecule has 78 heavy (non-hydrogen) atoms. The molecule has 3 heterocycles. The minimum absolute atomic E-state index is 0. The third-order valence-electron chi connectivity index (χ3n) is 14.4. The first kappa shape index (κ1) is 74.4. The minimum atomic E-state index is -0.914. The van der Waals surface area contributed by atoms with Crippen molar-refractivity contribution in [3.05, 3.63) is 59.6 Å². The topological polar surface area (TPSA) is 164 Å². The first-order chi connectivity index (χ1) is 37.6. The van der Waals surface area contributed by atoms with Crippen LogP contribution >= 0.6 is 0 Å². The summed E-state index contributed by atoms with van der Waals surface area (Å²) in [7, 11) is 0. The molecule has 0 aromatic rings. The molecule has 0 bridgehead atoms. The maximum atomic E-state index is 12.4. The maximum Gasteiger partial charge on any atom is 3.00 e. The summed E-state index contributed by atoms with van der Waals surface area (Å²) in [6, 6.07) is 0. The predicted octanol–water partition coefficient (Wildman–Crippen LogP) is 13.1. The normalized spacial score (nSPS) is 14.4. The Morgan fingerprint density at radius 1 is 0.359 bits per heavy atom. The minimum Gasteiger partial charge on any atom is -0.550 e. The molecule has 4 rings (SSSR count). The molecule has 442 valence electrons. The number of unbranched alkanes of at least 4 members (excludes halogenated alkanes) is 33. The van der Waals surface area contributed by atoms with Gasteiger partial charge in [0.25, 0.3) is 0 Å². The van der Waals surface area contributed by atoms with Crippen molar-refractivity contribution in [3.8, 4) is 0 Å². The molecule has 12 heteroatoms. The number of carboxylic acids is 3. The van der Waals surface area contributed by atoms with Gasteiger partial charge in [-0.15, -0.1) is 0 Å². The predicted molar refractivity (Wildman–Crippen MR) is 319 cm³/mol. The van der Waals surface area contributed by atoms with Gasteiger partial charge in [0, 0.05) is 63.3 Å². The molecule has 11 nitrogen and oxygen atoms in total. The van der Waals surface area contributed by atoms with E-state index in [1.165, 1.54) is 199 Å². The fourth-order valence-corrected chi connectivity index (χ4v) is 9.30. The van der Waals surface area contributed by atoms with Gasteiger partial charge >= 0.3 is 17.4 Å². The molecule has 3 aliphatic heterocycles. The van der Waals surface area contributed by atoms with E-state index in [1.54, 1.807) is 0 Å². The van der Waals surface area contributed by atoms with Gasteiger partial charge in [-0.25, -0.2) is 0 Å². The van der Waals surface area contributed by atoms with Crippen molar-refractivity contribution < 1.29 is 39.3 Å². The van der Waals surface area contributed by atoms with E-state index in [4.69, 9.17) is 0 Å². The zero-order valence-corrected chi connectivity index (χ0v) is 51.3. The quantitative estimate of drug-likeness (QED) is 0.0187. The van der Waals surface area contributed by atoms with Gasteiger partial charge in [0.05, 0.1) is 5.70 Å². The molecule has 4 aliphatic rings. The second-order valence-corrected chi connectivity index (χ2v) is 22.0. The summed E-state index contributed by atoms with van der Waals surface area (Å²) in [4.78, 5) is 61.1. The molecular weight excluding hydrogens is 990 g/mol. The number of carbonyl (C=O) groups excluding carboxylic acids is 5. The Labute approximate surface area is 487 Å². The second-order valence-electron chi connectivity index (χ2n) is 22.0. The summed E-state index contributed by atoms with van der Waals surface area (Å²) < 4.78 is 0. The van der Waals surface area contributed by atoms with Crippen molar-refractivity contribution in [2.24, 2.45) is 0 Å². The van der Waals surface area contributed by atoms with Crippen LogP contribution < -0.4 is 15.3 Å². The van der Waals surface area contributed by atoms with E-state index in [0.717, 1.165) is 97.1 Å². The number of carboxylic acid groups (broad SMARTS) is 3. The Hall–Kier alpha value is -3.62. The summed E-state index contributed by atoms with van der Waals surface area (Å²) in [5.41, 5.74) is 1.89. The van der Waals surface area contributed by atoms with Crippen LogP contribution in [0.25, 0.3) is 0 Å². The van der Waals surface area contributed by atoms with Crippen LogP contribution in [0.15, 0.2) is 59.6 Å². The molecule has 0 aromatic heterocycles. The molecule has 0 amide bonds. The van der Waals surface area contributed by atoms with Crippen molar-refractivity contribution in [1.82, 2.24) is 14.7 Å². The number of carbonyl (C=O) groups is 5. The Morgan fingerprint density at radius 3 is 0.833 bits per heavy atom. The van der Waals surface area contributed by atoms with Crippen LogP contribution in [0.4, 0.5) is 0 Å². The van der Waals surface area contributed by atoms with Gasteiger partial charge in [0.15, 0.2) is 0 Å². The second kappa shape index (κ2) is 54.0. The van der Waals surface area contributed by atoms with Crippen LogP contribution in [-0.2, 0) is 24.0 Å². The summed E-state index contributed by atoms with van der Waals surface area (Å²) in [5.74, 6) is -2.69. The SMILES string of the molecule is CCCCCCCC/C=C\CCCCCCCC(=O)[O-].CCCCCCCC/C=C\CCCCCCCC(=O)[O-].CCCCCCCC/C=C\CCCCCCCC(=O)[O-].O=C1C=C(N2CC2)C(=O)C(N2CC2)=C1N1CC1.[Al+3]. The van der Waals surface area contributed by atoms with Gasteiger partial charge in [-0.2, -0.15) is 0 Å². The van der Waals surface area contributed by atoms with E-state index in [0.29, 0.717) is 17.1 Å². The van der Waals surface area contributed by atoms with Crippen molar-refractivity contribution in [3.63, 3.8) is 0 Å². The van der Waals surface area contributed by atoms with E-state index in [2.05, 4.69) is 57.2 Å². The van der Waals surface area contributed by atoms with Crippen molar-refractivity contribution in [1.29, 1.82) is 0 Å². The molecule has 0 N–H and O–H groups in total. The van der Waals surface area contributed by atoms with E-state index in [9.17, 15) is 39.3 Å².